The molecule has 5 heteroatoms. The number of methoxy groups -OCH3 is 1. The number of rotatable bonds is 6. The van der Waals surface area contributed by atoms with Gasteiger partial charge in [0, 0.05) is 19.3 Å². The summed E-state index contributed by atoms with van der Waals surface area (Å²) in [6.07, 6.45) is -0.629. The summed E-state index contributed by atoms with van der Waals surface area (Å²) in [5, 5.41) is 2.78. The van der Waals surface area contributed by atoms with E-state index in [0.717, 1.165) is 17.0 Å². The lowest BCUT2D eigenvalue weighted by Crippen LogP contribution is -2.36. The maximum atomic E-state index is 11.8. The Balaban J connectivity index is 2.76. The van der Waals surface area contributed by atoms with Gasteiger partial charge in [-0.1, -0.05) is 0 Å². The zero-order chi connectivity index (χ0) is 13.5. The molecule has 0 aromatic heterocycles. The largest absolute Gasteiger partial charge is 0.494 e. The van der Waals surface area contributed by atoms with Crippen molar-refractivity contribution in [3.05, 3.63) is 23.8 Å². The van der Waals surface area contributed by atoms with E-state index < -0.39 is 6.10 Å². The zero-order valence-electron chi connectivity index (χ0n) is 11.0. The van der Waals surface area contributed by atoms with Crippen molar-refractivity contribution in [3.8, 4) is 5.75 Å². The molecule has 0 spiro atoms. The van der Waals surface area contributed by atoms with Crippen molar-refractivity contribution in [3.63, 3.8) is 0 Å². The van der Waals surface area contributed by atoms with E-state index in [1.807, 2.05) is 32.0 Å². The number of nitrogens with two attached hydrogens (primary N) is 1. The predicted octanol–water partition coefficient (Wildman–Crippen LogP) is 1.31. The van der Waals surface area contributed by atoms with Gasteiger partial charge in [0.1, 0.15) is 11.9 Å². The molecule has 0 saturated heterocycles. The fourth-order valence-electron chi connectivity index (χ4n) is 1.56. The van der Waals surface area contributed by atoms with Crippen LogP contribution in [0.5, 0.6) is 5.75 Å². The normalized spacial score (nSPS) is 12.0. The first kappa shape index (κ1) is 14.5. The van der Waals surface area contributed by atoms with Crippen LogP contribution in [-0.4, -0.2) is 32.3 Å². The summed E-state index contributed by atoms with van der Waals surface area (Å²) in [6, 6.07) is 5.50. The van der Waals surface area contributed by atoms with E-state index >= 15 is 0 Å². The Morgan fingerprint density at radius 1 is 1.50 bits per heavy atom. The number of nitrogens with one attached hydrogen (secondary N) is 1. The lowest BCUT2D eigenvalue weighted by atomic mass is 10.2. The molecule has 0 heterocycles. The Morgan fingerprint density at radius 2 is 2.22 bits per heavy atom. The van der Waals surface area contributed by atoms with Crippen LogP contribution in [0.1, 0.15) is 12.5 Å². The molecule has 0 aliphatic rings. The molecule has 0 aliphatic heterocycles. The molecular weight excluding hydrogens is 232 g/mol. The van der Waals surface area contributed by atoms with E-state index in [-0.39, 0.29) is 12.5 Å². The molecule has 1 rings (SSSR count). The monoisotopic (exact) mass is 252 g/mol. The summed E-state index contributed by atoms with van der Waals surface area (Å²) in [6.45, 7) is 4.60. The highest BCUT2D eigenvalue weighted by atomic mass is 16.5. The Kier molecular flexibility index (Phi) is 5.61. The number of carbonyl (C=O) groups excluding carboxylic acids is 1. The average molecular weight is 252 g/mol. The molecule has 1 amide bonds. The molecule has 1 unspecified atom stereocenters. The summed E-state index contributed by atoms with van der Waals surface area (Å²) in [7, 11) is 1.46. The molecule has 1 atom stereocenters. The Hall–Kier alpha value is -1.59. The van der Waals surface area contributed by atoms with Crippen LogP contribution in [0.4, 0.5) is 5.69 Å². The predicted molar refractivity (Wildman–Crippen MR) is 70.8 cm³/mol. The number of aryl methyl sites for hydroxylation is 1. The molecule has 100 valence electrons. The first-order valence-corrected chi connectivity index (χ1v) is 5.89. The molecule has 5 nitrogen and oxygen atoms in total. The molecular formula is C13H20N2O3. The molecule has 0 aliphatic carbocycles. The second-order valence-corrected chi connectivity index (χ2v) is 3.86. The Bertz CT molecular complexity index is 403. The van der Waals surface area contributed by atoms with Crippen LogP contribution in [-0.2, 0) is 9.53 Å². The maximum Gasteiger partial charge on any atom is 0.254 e. The van der Waals surface area contributed by atoms with Gasteiger partial charge >= 0.3 is 0 Å². The molecule has 0 bridgehead atoms. The number of carbonyl (C=O) groups is 1. The van der Waals surface area contributed by atoms with E-state index in [1.165, 1.54) is 7.11 Å². The van der Waals surface area contributed by atoms with Gasteiger partial charge < -0.3 is 20.5 Å². The van der Waals surface area contributed by atoms with Gasteiger partial charge in [0.2, 0.25) is 0 Å². The van der Waals surface area contributed by atoms with E-state index in [0.29, 0.717) is 6.61 Å². The molecule has 0 radical (unpaired) electrons. The first-order chi connectivity index (χ1) is 8.62. The van der Waals surface area contributed by atoms with Gasteiger partial charge in [-0.15, -0.1) is 0 Å². The van der Waals surface area contributed by atoms with Crippen molar-refractivity contribution in [1.82, 2.24) is 0 Å². The minimum absolute atomic E-state index is 0.151. The van der Waals surface area contributed by atoms with Crippen LogP contribution in [0, 0.1) is 6.92 Å². The van der Waals surface area contributed by atoms with Gasteiger partial charge in [-0.2, -0.15) is 0 Å². The van der Waals surface area contributed by atoms with E-state index in [1.54, 1.807) is 0 Å². The van der Waals surface area contributed by atoms with Crippen molar-refractivity contribution < 1.29 is 14.3 Å². The first-order valence-electron chi connectivity index (χ1n) is 5.89. The minimum atomic E-state index is -0.629. The maximum absolute atomic E-state index is 11.8. The molecule has 3 N–H and O–H groups in total. The van der Waals surface area contributed by atoms with Gasteiger partial charge in [0.05, 0.1) is 6.61 Å². The lowest BCUT2D eigenvalue weighted by Gasteiger charge is -2.15. The standard InChI is InChI=1S/C13H20N2O3/c1-4-18-10-5-6-11(9(2)7-10)15-13(16)12(8-14)17-3/h5-7,12H,4,8,14H2,1-3H3,(H,15,16). The van der Waals surface area contributed by atoms with Crippen molar-refractivity contribution in [2.24, 2.45) is 5.73 Å². The van der Waals surface area contributed by atoms with Crippen LogP contribution in [0.3, 0.4) is 0 Å². The third-order valence-electron chi connectivity index (χ3n) is 2.56. The quantitative estimate of drug-likeness (QED) is 0.800. The topological polar surface area (TPSA) is 73.6 Å². The van der Waals surface area contributed by atoms with Crippen LogP contribution >= 0.6 is 0 Å². The fourth-order valence-corrected chi connectivity index (χ4v) is 1.56. The van der Waals surface area contributed by atoms with E-state index in [4.69, 9.17) is 15.2 Å². The molecule has 0 saturated carbocycles. The summed E-state index contributed by atoms with van der Waals surface area (Å²) in [5.41, 5.74) is 7.10. The summed E-state index contributed by atoms with van der Waals surface area (Å²) in [4.78, 5) is 11.8. The average Bonchev–Trinajstić information content (AvgIpc) is 2.34. The van der Waals surface area contributed by atoms with Gasteiger partial charge in [0.15, 0.2) is 0 Å². The number of benzene rings is 1. The highest BCUT2D eigenvalue weighted by molar-refractivity contribution is 5.95. The molecule has 0 fully saturated rings. The fraction of sp³-hybridized carbons (Fsp3) is 0.462. The van der Waals surface area contributed by atoms with E-state index in [2.05, 4.69) is 5.32 Å². The smallest absolute Gasteiger partial charge is 0.254 e. The summed E-state index contributed by atoms with van der Waals surface area (Å²) < 4.78 is 10.4. The minimum Gasteiger partial charge on any atom is -0.494 e. The van der Waals surface area contributed by atoms with E-state index in [9.17, 15) is 4.79 Å². The van der Waals surface area contributed by atoms with Crippen molar-refractivity contribution in [2.45, 2.75) is 20.0 Å². The molecule has 1 aromatic carbocycles. The second kappa shape index (κ2) is 6.98. The van der Waals surface area contributed by atoms with Gasteiger partial charge in [-0.05, 0) is 37.6 Å². The highest BCUT2D eigenvalue weighted by Crippen LogP contribution is 2.21. The molecule has 1 aromatic rings. The van der Waals surface area contributed by atoms with Gasteiger partial charge in [-0.3, -0.25) is 4.79 Å². The number of anilines is 1. The number of ether oxygens (including phenoxy) is 2. The van der Waals surface area contributed by atoms with Crippen LogP contribution in [0.15, 0.2) is 18.2 Å². The van der Waals surface area contributed by atoms with Crippen LogP contribution < -0.4 is 15.8 Å². The zero-order valence-corrected chi connectivity index (χ0v) is 11.0. The van der Waals surface area contributed by atoms with Gasteiger partial charge in [-0.25, -0.2) is 0 Å². The summed E-state index contributed by atoms with van der Waals surface area (Å²) >= 11 is 0. The van der Waals surface area contributed by atoms with Crippen molar-refractivity contribution >= 4 is 11.6 Å². The number of amides is 1. The Morgan fingerprint density at radius 3 is 2.72 bits per heavy atom. The highest BCUT2D eigenvalue weighted by Gasteiger charge is 2.16. The number of hydrogen-bond donors (Lipinski definition) is 2. The SMILES string of the molecule is CCOc1ccc(NC(=O)C(CN)OC)c(C)c1. The van der Waals surface area contributed by atoms with Crippen LogP contribution in [0.25, 0.3) is 0 Å². The number of hydrogen-bond acceptors (Lipinski definition) is 4. The van der Waals surface area contributed by atoms with Crippen molar-refractivity contribution in [1.29, 1.82) is 0 Å². The molecule has 18 heavy (non-hydrogen) atoms. The van der Waals surface area contributed by atoms with Gasteiger partial charge in [0.25, 0.3) is 5.91 Å². The third-order valence-corrected chi connectivity index (χ3v) is 2.56. The lowest BCUT2D eigenvalue weighted by molar-refractivity contribution is -0.125. The van der Waals surface area contributed by atoms with Crippen molar-refractivity contribution in [2.75, 3.05) is 25.6 Å². The summed E-state index contributed by atoms with van der Waals surface area (Å²) in [5.74, 6) is 0.544. The van der Waals surface area contributed by atoms with Crippen LogP contribution in [0.2, 0.25) is 0 Å². The Labute approximate surface area is 107 Å². The second-order valence-electron chi connectivity index (χ2n) is 3.86. The third kappa shape index (κ3) is 3.72.